The molecule has 7 heteroatoms. The molecule has 1 saturated heterocycles. The van der Waals surface area contributed by atoms with E-state index in [0.717, 1.165) is 0 Å². The summed E-state index contributed by atoms with van der Waals surface area (Å²) in [5, 5.41) is 0. The lowest BCUT2D eigenvalue weighted by molar-refractivity contribution is 0.0314. The first kappa shape index (κ1) is 15.4. The van der Waals surface area contributed by atoms with Gasteiger partial charge in [-0.2, -0.15) is 4.31 Å². The zero-order chi connectivity index (χ0) is 14.8. The fourth-order valence-electron chi connectivity index (χ4n) is 2.38. The van der Waals surface area contributed by atoms with Gasteiger partial charge in [0.1, 0.15) is 5.82 Å². The van der Waals surface area contributed by atoms with Gasteiger partial charge in [-0.3, -0.25) is 0 Å². The van der Waals surface area contributed by atoms with Crippen LogP contribution in [0.1, 0.15) is 18.9 Å². The molecule has 2 rings (SSSR count). The van der Waals surface area contributed by atoms with Gasteiger partial charge in [0.05, 0.1) is 18.1 Å². The fourth-order valence-corrected chi connectivity index (χ4v) is 4.30. The maximum Gasteiger partial charge on any atom is 0.243 e. The second kappa shape index (κ2) is 6.17. The maximum absolute atomic E-state index is 13.7. The Kier molecular flexibility index (Phi) is 4.74. The predicted molar refractivity (Wildman–Crippen MR) is 73.1 cm³/mol. The number of morpholine rings is 1. The third kappa shape index (κ3) is 2.71. The standard InChI is InChI=1S/C13H19FN2O3S/c1-2-10-9-19-7-6-16(10)20(17,18)13-5-3-4-12(14)11(13)8-15/h3-5,10H,2,6-9,15H2,1H3. The van der Waals surface area contributed by atoms with Gasteiger partial charge in [0, 0.05) is 24.7 Å². The van der Waals surface area contributed by atoms with Gasteiger partial charge in [-0.15, -0.1) is 0 Å². The van der Waals surface area contributed by atoms with Crippen LogP contribution in [-0.2, 0) is 21.3 Å². The number of hydrogen-bond donors (Lipinski definition) is 1. The minimum Gasteiger partial charge on any atom is -0.378 e. The van der Waals surface area contributed by atoms with Crippen LogP contribution in [0.25, 0.3) is 0 Å². The second-order valence-corrected chi connectivity index (χ2v) is 6.53. The molecule has 1 aliphatic heterocycles. The molecule has 1 aromatic rings. The number of halogens is 1. The Hall–Kier alpha value is -1.02. The predicted octanol–water partition coefficient (Wildman–Crippen LogP) is 1.08. The molecule has 0 aromatic heterocycles. The zero-order valence-corrected chi connectivity index (χ0v) is 12.2. The summed E-state index contributed by atoms with van der Waals surface area (Å²) in [5.41, 5.74) is 5.53. The zero-order valence-electron chi connectivity index (χ0n) is 11.4. The molecule has 1 aliphatic rings. The molecule has 0 aliphatic carbocycles. The third-order valence-electron chi connectivity index (χ3n) is 3.51. The number of benzene rings is 1. The second-order valence-electron chi connectivity index (χ2n) is 4.67. The average Bonchev–Trinajstić information content (AvgIpc) is 2.46. The summed E-state index contributed by atoms with van der Waals surface area (Å²) in [6.45, 7) is 2.74. The Bertz CT molecular complexity index is 577. The molecule has 0 spiro atoms. The topological polar surface area (TPSA) is 72.6 Å². The molecular formula is C13H19FN2O3S. The van der Waals surface area contributed by atoms with E-state index in [-0.39, 0.29) is 29.6 Å². The Labute approximate surface area is 118 Å². The van der Waals surface area contributed by atoms with Crippen molar-refractivity contribution in [3.8, 4) is 0 Å². The SMILES string of the molecule is CCC1COCCN1S(=O)(=O)c1cccc(F)c1CN. The summed E-state index contributed by atoms with van der Waals surface area (Å²) in [5.74, 6) is -0.588. The van der Waals surface area contributed by atoms with Crippen LogP contribution in [-0.4, -0.2) is 38.5 Å². The maximum atomic E-state index is 13.7. The quantitative estimate of drug-likeness (QED) is 0.903. The summed E-state index contributed by atoms with van der Waals surface area (Å²) < 4.78 is 45.9. The Balaban J connectivity index is 2.47. The summed E-state index contributed by atoms with van der Waals surface area (Å²) >= 11 is 0. The van der Waals surface area contributed by atoms with Gasteiger partial charge in [0.25, 0.3) is 0 Å². The van der Waals surface area contributed by atoms with Gasteiger partial charge < -0.3 is 10.5 Å². The molecule has 1 aromatic carbocycles. The molecule has 0 amide bonds. The van der Waals surface area contributed by atoms with Crippen LogP contribution in [0.3, 0.4) is 0 Å². The van der Waals surface area contributed by atoms with Crippen molar-refractivity contribution in [1.82, 2.24) is 4.31 Å². The number of sulfonamides is 1. The highest BCUT2D eigenvalue weighted by Gasteiger charge is 2.34. The Morgan fingerprint density at radius 3 is 2.90 bits per heavy atom. The van der Waals surface area contributed by atoms with E-state index in [4.69, 9.17) is 10.5 Å². The summed E-state index contributed by atoms with van der Waals surface area (Å²) in [6.07, 6.45) is 0.645. The van der Waals surface area contributed by atoms with Crippen molar-refractivity contribution in [2.45, 2.75) is 30.8 Å². The van der Waals surface area contributed by atoms with Gasteiger partial charge in [-0.05, 0) is 18.6 Å². The average molecular weight is 302 g/mol. The smallest absolute Gasteiger partial charge is 0.243 e. The highest BCUT2D eigenvalue weighted by Crippen LogP contribution is 2.26. The van der Waals surface area contributed by atoms with Crippen molar-refractivity contribution in [2.75, 3.05) is 19.8 Å². The van der Waals surface area contributed by atoms with Crippen LogP contribution in [0.4, 0.5) is 4.39 Å². The molecule has 1 unspecified atom stereocenters. The molecule has 112 valence electrons. The largest absolute Gasteiger partial charge is 0.378 e. The van der Waals surface area contributed by atoms with E-state index in [1.54, 1.807) is 0 Å². The lowest BCUT2D eigenvalue weighted by atomic mass is 10.2. The van der Waals surface area contributed by atoms with Crippen molar-refractivity contribution in [3.05, 3.63) is 29.6 Å². The summed E-state index contributed by atoms with van der Waals surface area (Å²) in [4.78, 5) is -0.0413. The van der Waals surface area contributed by atoms with Crippen LogP contribution >= 0.6 is 0 Å². The number of nitrogens with zero attached hydrogens (tertiary/aromatic N) is 1. The summed E-state index contributed by atoms with van der Waals surface area (Å²) in [7, 11) is -3.76. The molecule has 5 nitrogen and oxygen atoms in total. The Morgan fingerprint density at radius 2 is 2.25 bits per heavy atom. The number of hydrogen-bond acceptors (Lipinski definition) is 4. The number of ether oxygens (including phenoxy) is 1. The van der Waals surface area contributed by atoms with E-state index in [0.29, 0.717) is 19.6 Å². The number of nitrogens with two attached hydrogens (primary N) is 1. The highest BCUT2D eigenvalue weighted by atomic mass is 32.2. The lowest BCUT2D eigenvalue weighted by Gasteiger charge is -2.34. The van der Waals surface area contributed by atoms with Gasteiger partial charge >= 0.3 is 0 Å². The molecule has 2 N–H and O–H groups in total. The van der Waals surface area contributed by atoms with Gasteiger partial charge in [-0.25, -0.2) is 12.8 Å². The molecule has 20 heavy (non-hydrogen) atoms. The minimum atomic E-state index is -3.76. The Morgan fingerprint density at radius 1 is 1.50 bits per heavy atom. The van der Waals surface area contributed by atoms with Crippen molar-refractivity contribution >= 4 is 10.0 Å². The van der Waals surface area contributed by atoms with Crippen molar-refractivity contribution in [2.24, 2.45) is 5.73 Å². The van der Waals surface area contributed by atoms with Crippen LogP contribution in [0, 0.1) is 5.82 Å². The molecule has 1 atom stereocenters. The third-order valence-corrected chi connectivity index (χ3v) is 5.55. The number of rotatable bonds is 4. The van der Waals surface area contributed by atoms with E-state index in [2.05, 4.69) is 0 Å². The van der Waals surface area contributed by atoms with Gasteiger partial charge in [0.2, 0.25) is 10.0 Å². The van der Waals surface area contributed by atoms with Gasteiger partial charge in [-0.1, -0.05) is 13.0 Å². The first-order valence-electron chi connectivity index (χ1n) is 6.59. The van der Waals surface area contributed by atoms with Crippen LogP contribution < -0.4 is 5.73 Å². The van der Waals surface area contributed by atoms with E-state index in [9.17, 15) is 12.8 Å². The summed E-state index contributed by atoms with van der Waals surface area (Å²) in [6, 6.07) is 3.80. The van der Waals surface area contributed by atoms with E-state index < -0.39 is 15.8 Å². The molecule has 1 fully saturated rings. The van der Waals surface area contributed by atoms with Crippen LogP contribution in [0.5, 0.6) is 0 Å². The van der Waals surface area contributed by atoms with E-state index in [1.165, 1.54) is 22.5 Å². The van der Waals surface area contributed by atoms with E-state index in [1.807, 2.05) is 6.92 Å². The normalized spacial score (nSPS) is 21.1. The minimum absolute atomic E-state index is 0.0360. The van der Waals surface area contributed by atoms with Crippen molar-refractivity contribution in [1.29, 1.82) is 0 Å². The molecule has 0 bridgehead atoms. The molecule has 0 radical (unpaired) electrons. The van der Waals surface area contributed by atoms with E-state index >= 15 is 0 Å². The molecule has 0 saturated carbocycles. The molecule has 1 heterocycles. The van der Waals surface area contributed by atoms with Crippen molar-refractivity contribution < 1.29 is 17.5 Å². The monoisotopic (exact) mass is 302 g/mol. The molecular weight excluding hydrogens is 283 g/mol. The highest BCUT2D eigenvalue weighted by molar-refractivity contribution is 7.89. The van der Waals surface area contributed by atoms with Crippen LogP contribution in [0.2, 0.25) is 0 Å². The fraction of sp³-hybridized carbons (Fsp3) is 0.538. The lowest BCUT2D eigenvalue weighted by Crippen LogP contribution is -2.48. The van der Waals surface area contributed by atoms with Gasteiger partial charge in [0.15, 0.2) is 0 Å². The van der Waals surface area contributed by atoms with Crippen LogP contribution in [0.15, 0.2) is 23.1 Å². The first-order valence-corrected chi connectivity index (χ1v) is 8.03. The first-order chi connectivity index (χ1) is 9.52. The van der Waals surface area contributed by atoms with Crippen molar-refractivity contribution in [3.63, 3.8) is 0 Å².